The molecule has 1 aromatic rings. The first-order valence-electron chi connectivity index (χ1n) is 5.89. The number of rotatable bonds is 5. The molecular weight excluding hydrogens is 184 g/mol. The average Bonchev–Trinajstić information content (AvgIpc) is 3.03. The second kappa shape index (κ2) is 4.75. The highest BCUT2D eigenvalue weighted by Crippen LogP contribution is 2.35. The number of aryl methyl sites for hydroxylation is 1. The Balaban J connectivity index is 1.97. The van der Waals surface area contributed by atoms with Crippen molar-refractivity contribution < 1.29 is 0 Å². The van der Waals surface area contributed by atoms with Crippen LogP contribution >= 0.6 is 0 Å². The summed E-state index contributed by atoms with van der Waals surface area (Å²) in [5.41, 5.74) is 2.49. The normalized spacial score (nSPS) is 17.7. The third kappa shape index (κ3) is 3.03. The Morgan fingerprint density at radius 3 is 2.93 bits per heavy atom. The SMILES string of the molecule is CNC(CCC1CC1)c1cc(C)ccn1. The molecule has 1 aliphatic rings. The van der Waals surface area contributed by atoms with Crippen molar-refractivity contribution in [2.45, 2.75) is 38.6 Å². The second-order valence-corrected chi connectivity index (χ2v) is 4.62. The van der Waals surface area contributed by atoms with E-state index in [1.54, 1.807) is 0 Å². The van der Waals surface area contributed by atoms with Gasteiger partial charge < -0.3 is 5.32 Å². The minimum atomic E-state index is 0.436. The summed E-state index contributed by atoms with van der Waals surface area (Å²) in [4.78, 5) is 4.45. The Bertz CT molecular complexity index is 318. The molecule has 1 unspecified atom stereocenters. The van der Waals surface area contributed by atoms with Gasteiger partial charge in [0.2, 0.25) is 0 Å². The smallest absolute Gasteiger partial charge is 0.0575 e. The fourth-order valence-electron chi connectivity index (χ4n) is 2.00. The molecule has 0 saturated heterocycles. The summed E-state index contributed by atoms with van der Waals surface area (Å²) in [7, 11) is 2.03. The van der Waals surface area contributed by atoms with E-state index >= 15 is 0 Å². The van der Waals surface area contributed by atoms with Crippen molar-refractivity contribution in [3.8, 4) is 0 Å². The topological polar surface area (TPSA) is 24.9 Å². The molecular formula is C13H20N2. The van der Waals surface area contributed by atoms with E-state index in [4.69, 9.17) is 0 Å². The van der Waals surface area contributed by atoms with Crippen LogP contribution in [0.5, 0.6) is 0 Å². The molecule has 0 spiro atoms. The predicted molar refractivity (Wildman–Crippen MR) is 62.7 cm³/mol. The Morgan fingerprint density at radius 1 is 1.53 bits per heavy atom. The van der Waals surface area contributed by atoms with Gasteiger partial charge in [-0.3, -0.25) is 4.98 Å². The highest BCUT2D eigenvalue weighted by atomic mass is 14.9. The molecule has 0 radical (unpaired) electrons. The van der Waals surface area contributed by atoms with Crippen LogP contribution in [0.2, 0.25) is 0 Å². The first-order chi connectivity index (χ1) is 7.29. The van der Waals surface area contributed by atoms with Crippen LogP contribution in [0.3, 0.4) is 0 Å². The molecule has 1 heterocycles. The maximum atomic E-state index is 4.45. The van der Waals surface area contributed by atoms with Crippen LogP contribution < -0.4 is 5.32 Å². The zero-order valence-corrected chi connectivity index (χ0v) is 9.66. The maximum absolute atomic E-state index is 4.45. The summed E-state index contributed by atoms with van der Waals surface area (Å²) in [6.07, 6.45) is 7.36. The minimum absolute atomic E-state index is 0.436. The highest BCUT2D eigenvalue weighted by molar-refractivity contribution is 5.17. The summed E-state index contributed by atoms with van der Waals surface area (Å²) in [6, 6.07) is 4.68. The lowest BCUT2D eigenvalue weighted by Gasteiger charge is -2.15. The number of nitrogens with zero attached hydrogens (tertiary/aromatic N) is 1. The maximum Gasteiger partial charge on any atom is 0.0575 e. The molecule has 0 aliphatic heterocycles. The van der Waals surface area contributed by atoms with Gasteiger partial charge in [-0.15, -0.1) is 0 Å². The minimum Gasteiger partial charge on any atom is -0.312 e. The third-order valence-electron chi connectivity index (χ3n) is 3.20. The Labute approximate surface area is 92.1 Å². The van der Waals surface area contributed by atoms with Crippen LogP contribution in [-0.2, 0) is 0 Å². The second-order valence-electron chi connectivity index (χ2n) is 4.62. The summed E-state index contributed by atoms with van der Waals surface area (Å²) in [5, 5.41) is 3.37. The van der Waals surface area contributed by atoms with E-state index in [9.17, 15) is 0 Å². The molecule has 2 nitrogen and oxygen atoms in total. The van der Waals surface area contributed by atoms with Gasteiger partial charge in [-0.1, -0.05) is 12.8 Å². The lowest BCUT2D eigenvalue weighted by Crippen LogP contribution is -2.17. The van der Waals surface area contributed by atoms with Crippen molar-refractivity contribution in [1.82, 2.24) is 10.3 Å². The van der Waals surface area contributed by atoms with E-state index in [0.29, 0.717) is 6.04 Å². The van der Waals surface area contributed by atoms with E-state index in [2.05, 4.69) is 29.4 Å². The number of nitrogens with one attached hydrogen (secondary N) is 1. The molecule has 15 heavy (non-hydrogen) atoms. The third-order valence-corrected chi connectivity index (χ3v) is 3.20. The zero-order valence-electron chi connectivity index (χ0n) is 9.66. The lowest BCUT2D eigenvalue weighted by atomic mass is 10.0. The zero-order chi connectivity index (χ0) is 10.7. The van der Waals surface area contributed by atoms with Gasteiger partial charge in [0.25, 0.3) is 0 Å². The van der Waals surface area contributed by atoms with Gasteiger partial charge in [-0.05, 0) is 50.4 Å². The Morgan fingerprint density at radius 2 is 2.33 bits per heavy atom. The first-order valence-corrected chi connectivity index (χ1v) is 5.89. The molecule has 1 N–H and O–H groups in total. The first kappa shape index (κ1) is 10.6. The number of aromatic nitrogens is 1. The molecule has 2 rings (SSSR count). The molecule has 0 bridgehead atoms. The van der Waals surface area contributed by atoms with Gasteiger partial charge in [0.1, 0.15) is 0 Å². The van der Waals surface area contributed by atoms with Gasteiger partial charge in [0, 0.05) is 12.2 Å². The monoisotopic (exact) mass is 204 g/mol. The van der Waals surface area contributed by atoms with Gasteiger partial charge in [0.05, 0.1) is 5.69 Å². The largest absolute Gasteiger partial charge is 0.312 e. The van der Waals surface area contributed by atoms with Crippen LogP contribution in [0.25, 0.3) is 0 Å². The summed E-state index contributed by atoms with van der Waals surface area (Å²) in [6.45, 7) is 2.12. The number of hydrogen-bond acceptors (Lipinski definition) is 2. The fourth-order valence-corrected chi connectivity index (χ4v) is 2.00. The van der Waals surface area contributed by atoms with Crippen LogP contribution in [0.1, 0.15) is 43.0 Å². The average molecular weight is 204 g/mol. The molecule has 1 aromatic heterocycles. The van der Waals surface area contributed by atoms with Gasteiger partial charge >= 0.3 is 0 Å². The van der Waals surface area contributed by atoms with Crippen molar-refractivity contribution in [3.63, 3.8) is 0 Å². The molecule has 1 atom stereocenters. The van der Waals surface area contributed by atoms with E-state index in [1.807, 2.05) is 13.2 Å². The fraction of sp³-hybridized carbons (Fsp3) is 0.615. The van der Waals surface area contributed by atoms with Crippen molar-refractivity contribution in [3.05, 3.63) is 29.6 Å². The molecule has 1 saturated carbocycles. The molecule has 0 amide bonds. The van der Waals surface area contributed by atoms with Crippen LogP contribution in [-0.4, -0.2) is 12.0 Å². The quantitative estimate of drug-likeness (QED) is 0.797. The Hall–Kier alpha value is -0.890. The van der Waals surface area contributed by atoms with E-state index in [1.165, 1.54) is 36.9 Å². The summed E-state index contributed by atoms with van der Waals surface area (Å²) in [5.74, 6) is 1.01. The van der Waals surface area contributed by atoms with E-state index in [0.717, 1.165) is 5.92 Å². The Kier molecular flexibility index (Phi) is 3.37. The van der Waals surface area contributed by atoms with Gasteiger partial charge in [-0.25, -0.2) is 0 Å². The van der Waals surface area contributed by atoms with Crippen LogP contribution in [0.15, 0.2) is 18.3 Å². The molecule has 0 aromatic carbocycles. The van der Waals surface area contributed by atoms with Crippen molar-refractivity contribution >= 4 is 0 Å². The predicted octanol–water partition coefficient (Wildman–Crippen LogP) is 2.84. The summed E-state index contributed by atoms with van der Waals surface area (Å²) < 4.78 is 0. The van der Waals surface area contributed by atoms with Crippen molar-refractivity contribution in [2.75, 3.05) is 7.05 Å². The molecule has 1 aliphatic carbocycles. The molecule has 1 fully saturated rings. The number of hydrogen-bond donors (Lipinski definition) is 1. The van der Waals surface area contributed by atoms with E-state index in [-0.39, 0.29) is 0 Å². The van der Waals surface area contributed by atoms with Gasteiger partial charge in [-0.2, -0.15) is 0 Å². The van der Waals surface area contributed by atoms with E-state index < -0.39 is 0 Å². The lowest BCUT2D eigenvalue weighted by molar-refractivity contribution is 0.496. The van der Waals surface area contributed by atoms with Crippen LogP contribution in [0.4, 0.5) is 0 Å². The van der Waals surface area contributed by atoms with Crippen LogP contribution in [0, 0.1) is 12.8 Å². The van der Waals surface area contributed by atoms with Crippen molar-refractivity contribution in [2.24, 2.45) is 5.92 Å². The molecule has 82 valence electrons. The summed E-state index contributed by atoms with van der Waals surface area (Å²) >= 11 is 0. The van der Waals surface area contributed by atoms with Gasteiger partial charge in [0.15, 0.2) is 0 Å². The molecule has 2 heteroatoms. The number of pyridine rings is 1. The standard InChI is InChI=1S/C13H20N2/c1-10-7-8-15-13(9-10)12(14-2)6-5-11-3-4-11/h7-9,11-12,14H,3-6H2,1-2H3. The highest BCUT2D eigenvalue weighted by Gasteiger charge is 2.22. The van der Waals surface area contributed by atoms with Crippen molar-refractivity contribution in [1.29, 1.82) is 0 Å².